The highest BCUT2D eigenvalue weighted by atomic mass is 16.4. The molecular weight excluding hydrogens is 473 g/mol. The Morgan fingerprint density at radius 2 is 1.26 bits per heavy atom. The van der Waals surface area contributed by atoms with Crippen LogP contribution in [0.15, 0.2) is 84.9 Å². The van der Waals surface area contributed by atoms with E-state index in [-0.39, 0.29) is 6.92 Å². The number of para-hydroxylation sites is 2. The monoisotopic (exact) mass is 509 g/mol. The lowest BCUT2D eigenvalue weighted by Gasteiger charge is -2.28. The molecule has 0 atom stereocenters. The van der Waals surface area contributed by atoms with Gasteiger partial charge in [-0.05, 0) is 96.0 Å². The molecule has 2 nitrogen and oxygen atoms in total. The Hall–Kier alpha value is -3.46. The van der Waals surface area contributed by atoms with Gasteiger partial charge < -0.3 is 9.22 Å². The smallest absolute Gasteiger partial charge is 0.430 e. The van der Waals surface area contributed by atoms with Crippen LogP contribution >= 0.6 is 0 Å². The standard InChI is InChI=1S/C36H36BNO/c1-4-12-25(13-5-1)27-20-21-34-30(22-27)31-23-28(26-14-6-2-7-15-26)24-33-36(31)38(34)35-19-11-10-18-32(35)37(33)39-29-16-8-3-9-17-29/h3,8-11,16-26H,1-2,4-7,12-15H2. The largest absolute Gasteiger partial charge is 0.551 e. The van der Waals surface area contributed by atoms with Gasteiger partial charge in [0.05, 0.1) is 16.8 Å². The number of fused-ring (bicyclic) bond motifs is 5. The number of nitrogens with zero attached hydrogens (tertiary/aromatic N) is 1. The van der Waals surface area contributed by atoms with Crippen LogP contribution in [0.2, 0.25) is 0 Å². The van der Waals surface area contributed by atoms with E-state index in [1.807, 2.05) is 0 Å². The summed E-state index contributed by atoms with van der Waals surface area (Å²) in [7, 11) is 0. The first kappa shape index (κ1) is 23.4. The zero-order chi connectivity index (χ0) is 25.8. The summed E-state index contributed by atoms with van der Waals surface area (Å²) >= 11 is 0. The molecule has 2 aliphatic carbocycles. The first-order valence-corrected chi connectivity index (χ1v) is 15.3. The predicted octanol–water partition coefficient (Wildman–Crippen LogP) is 8.38. The van der Waals surface area contributed by atoms with Crippen LogP contribution in [0.4, 0.5) is 0 Å². The van der Waals surface area contributed by atoms with Gasteiger partial charge in [-0.25, -0.2) is 0 Å². The van der Waals surface area contributed by atoms with Crippen LogP contribution in [0.3, 0.4) is 0 Å². The first-order chi connectivity index (χ1) is 19.3. The summed E-state index contributed by atoms with van der Waals surface area (Å²) in [5.74, 6) is 2.28. The van der Waals surface area contributed by atoms with E-state index < -0.39 is 0 Å². The summed E-state index contributed by atoms with van der Waals surface area (Å²) in [6.45, 7) is -0.121. The molecule has 0 amide bonds. The van der Waals surface area contributed by atoms with Crippen molar-refractivity contribution in [1.29, 1.82) is 0 Å². The van der Waals surface area contributed by atoms with Crippen molar-refractivity contribution in [1.82, 2.24) is 4.57 Å². The lowest BCUT2D eigenvalue weighted by molar-refractivity contribution is 0.444. The van der Waals surface area contributed by atoms with Crippen LogP contribution in [0.25, 0.3) is 27.5 Å². The molecule has 0 unspecified atom stereocenters. The van der Waals surface area contributed by atoms with Gasteiger partial charge in [-0.3, -0.25) is 0 Å². The van der Waals surface area contributed by atoms with Gasteiger partial charge in [-0.2, -0.15) is 0 Å². The van der Waals surface area contributed by atoms with Crippen molar-refractivity contribution in [3.8, 4) is 11.4 Å². The third kappa shape index (κ3) is 3.93. The van der Waals surface area contributed by atoms with Crippen molar-refractivity contribution in [2.45, 2.75) is 76.0 Å². The molecule has 5 aromatic rings. The average molecular weight is 510 g/mol. The highest BCUT2D eigenvalue weighted by Gasteiger charge is 2.36. The summed E-state index contributed by atoms with van der Waals surface area (Å²) < 4.78 is 9.41. The Morgan fingerprint density at radius 3 is 2.03 bits per heavy atom. The van der Waals surface area contributed by atoms with E-state index in [1.54, 1.807) is 0 Å². The van der Waals surface area contributed by atoms with Gasteiger partial charge >= 0.3 is 6.92 Å². The average Bonchev–Trinajstić information content (AvgIpc) is 3.34. The summed E-state index contributed by atoms with van der Waals surface area (Å²) in [4.78, 5) is 0. The molecule has 1 aliphatic heterocycles. The fourth-order valence-electron chi connectivity index (χ4n) is 7.87. The van der Waals surface area contributed by atoms with E-state index in [2.05, 4.69) is 89.5 Å². The number of rotatable bonds is 4. The van der Waals surface area contributed by atoms with Crippen molar-refractivity contribution >= 4 is 39.6 Å². The lowest BCUT2D eigenvalue weighted by Crippen LogP contribution is -2.52. The zero-order valence-electron chi connectivity index (χ0n) is 22.7. The second-order valence-corrected chi connectivity index (χ2v) is 12.2. The normalized spacial score (nSPS) is 18.0. The number of hydrogen-bond donors (Lipinski definition) is 0. The molecule has 0 bridgehead atoms. The lowest BCUT2D eigenvalue weighted by atomic mass is 9.52. The third-order valence-corrected chi connectivity index (χ3v) is 9.83. The van der Waals surface area contributed by atoms with Crippen LogP contribution < -0.4 is 15.6 Å². The Kier molecular flexibility index (Phi) is 5.78. The third-order valence-electron chi connectivity index (χ3n) is 9.83. The topological polar surface area (TPSA) is 14.2 Å². The van der Waals surface area contributed by atoms with Gasteiger partial charge in [0.15, 0.2) is 0 Å². The number of aromatic nitrogens is 1. The van der Waals surface area contributed by atoms with Crippen LogP contribution in [0.5, 0.6) is 5.75 Å². The molecule has 0 spiro atoms. The van der Waals surface area contributed by atoms with Crippen LogP contribution in [-0.2, 0) is 0 Å². The molecule has 3 heteroatoms. The minimum Gasteiger partial charge on any atom is -0.551 e. The second-order valence-electron chi connectivity index (χ2n) is 12.2. The Balaban J connectivity index is 1.40. The molecule has 4 aromatic carbocycles. The first-order valence-electron chi connectivity index (χ1n) is 15.3. The van der Waals surface area contributed by atoms with Gasteiger partial charge in [-0.1, -0.05) is 87.1 Å². The van der Waals surface area contributed by atoms with E-state index >= 15 is 0 Å². The molecule has 39 heavy (non-hydrogen) atoms. The predicted molar refractivity (Wildman–Crippen MR) is 165 cm³/mol. The van der Waals surface area contributed by atoms with E-state index in [4.69, 9.17) is 4.65 Å². The summed E-state index contributed by atoms with van der Waals surface area (Å²) in [5.41, 5.74) is 9.55. The molecule has 194 valence electrons. The van der Waals surface area contributed by atoms with Gasteiger partial charge in [0.25, 0.3) is 0 Å². The van der Waals surface area contributed by atoms with E-state index in [9.17, 15) is 0 Å². The molecule has 2 heterocycles. The highest BCUT2D eigenvalue weighted by Crippen LogP contribution is 2.41. The maximum absolute atomic E-state index is 6.87. The molecule has 2 fully saturated rings. The molecule has 0 N–H and O–H groups in total. The Labute approximate surface area is 232 Å². The summed E-state index contributed by atoms with van der Waals surface area (Å²) in [6, 6.07) is 31.7. The Morgan fingerprint density at radius 1 is 0.590 bits per heavy atom. The quantitative estimate of drug-likeness (QED) is 0.222. The van der Waals surface area contributed by atoms with Crippen LogP contribution in [0.1, 0.15) is 87.2 Å². The summed E-state index contributed by atoms with van der Waals surface area (Å²) in [5, 5.41) is 2.83. The minimum absolute atomic E-state index is 0.121. The van der Waals surface area contributed by atoms with Crippen molar-refractivity contribution in [3.05, 3.63) is 96.1 Å². The fraction of sp³-hybridized carbons (Fsp3) is 0.333. The molecule has 0 radical (unpaired) electrons. The molecule has 8 rings (SSSR count). The number of hydrogen-bond acceptors (Lipinski definition) is 1. The Bertz CT molecular complexity index is 1660. The highest BCUT2D eigenvalue weighted by molar-refractivity contribution is 6.84. The SMILES string of the molecule is c1ccc(OB2c3ccccc3-n3c4ccc(C5CCCCC5)cc4c4cc(C5CCCCC5)cc2c43)cc1. The van der Waals surface area contributed by atoms with Gasteiger partial charge in [-0.15, -0.1) is 0 Å². The molecular formula is C36H36BNO. The maximum Gasteiger partial charge on any atom is 0.430 e. The second kappa shape index (κ2) is 9.63. The van der Waals surface area contributed by atoms with Crippen LogP contribution in [0, 0.1) is 0 Å². The van der Waals surface area contributed by atoms with E-state index in [1.165, 1.54) is 114 Å². The van der Waals surface area contributed by atoms with Crippen LogP contribution in [-0.4, -0.2) is 11.5 Å². The molecule has 0 saturated heterocycles. The minimum atomic E-state index is -0.121. The van der Waals surface area contributed by atoms with Crippen molar-refractivity contribution < 1.29 is 4.65 Å². The fourth-order valence-corrected chi connectivity index (χ4v) is 7.87. The molecule has 3 aliphatic rings. The number of benzene rings is 4. The summed E-state index contributed by atoms with van der Waals surface area (Å²) in [6.07, 6.45) is 13.5. The van der Waals surface area contributed by atoms with Crippen molar-refractivity contribution in [2.24, 2.45) is 0 Å². The van der Waals surface area contributed by atoms with E-state index in [0.29, 0.717) is 11.8 Å². The molecule has 1 aromatic heterocycles. The van der Waals surface area contributed by atoms with Gasteiger partial charge in [0, 0.05) is 16.5 Å². The molecule has 2 saturated carbocycles. The van der Waals surface area contributed by atoms with Gasteiger partial charge in [0.2, 0.25) is 0 Å². The van der Waals surface area contributed by atoms with Crippen molar-refractivity contribution in [3.63, 3.8) is 0 Å². The zero-order valence-corrected chi connectivity index (χ0v) is 22.7. The van der Waals surface area contributed by atoms with Gasteiger partial charge in [0.1, 0.15) is 0 Å². The maximum atomic E-state index is 6.87. The van der Waals surface area contributed by atoms with E-state index in [0.717, 1.165) is 5.75 Å². The van der Waals surface area contributed by atoms with Crippen molar-refractivity contribution in [2.75, 3.05) is 0 Å².